The fourth-order valence-electron chi connectivity index (χ4n) is 3.23. The summed E-state index contributed by atoms with van der Waals surface area (Å²) in [6.07, 6.45) is 4.12. The summed E-state index contributed by atoms with van der Waals surface area (Å²) in [5.74, 6) is -0.343. The highest BCUT2D eigenvalue weighted by Crippen LogP contribution is 2.22. The molecule has 0 bridgehead atoms. The highest BCUT2D eigenvalue weighted by Gasteiger charge is 2.19. The maximum atomic E-state index is 12.3. The predicted molar refractivity (Wildman–Crippen MR) is 103 cm³/mol. The van der Waals surface area contributed by atoms with Gasteiger partial charge in [-0.1, -0.05) is 6.07 Å². The van der Waals surface area contributed by atoms with Crippen LogP contribution in [0.3, 0.4) is 0 Å². The van der Waals surface area contributed by atoms with Crippen LogP contribution in [0.25, 0.3) is 6.08 Å². The van der Waals surface area contributed by atoms with Gasteiger partial charge in [-0.15, -0.1) is 11.3 Å². The molecular weight excluding hydrogens is 346 g/mol. The van der Waals surface area contributed by atoms with Crippen LogP contribution in [0, 0.1) is 25.2 Å². The highest BCUT2D eigenvalue weighted by atomic mass is 32.1. The summed E-state index contributed by atoms with van der Waals surface area (Å²) in [6, 6.07) is 7.95. The number of nitrogens with one attached hydrogen (secondary N) is 1. The molecule has 1 atom stereocenters. The van der Waals surface area contributed by atoms with E-state index in [1.807, 2.05) is 43.5 Å². The molecule has 0 aromatic carbocycles. The van der Waals surface area contributed by atoms with Crippen LogP contribution in [0.5, 0.6) is 0 Å². The molecule has 1 aliphatic rings. The van der Waals surface area contributed by atoms with Crippen molar-refractivity contribution < 1.29 is 9.53 Å². The van der Waals surface area contributed by atoms with Crippen LogP contribution in [-0.2, 0) is 22.6 Å². The molecule has 1 fully saturated rings. The quantitative estimate of drug-likeness (QED) is 0.625. The van der Waals surface area contributed by atoms with Crippen LogP contribution in [-0.4, -0.2) is 23.2 Å². The van der Waals surface area contributed by atoms with Crippen LogP contribution in [0.4, 0.5) is 0 Å². The largest absolute Gasteiger partial charge is 0.376 e. The molecule has 1 unspecified atom stereocenters. The topological polar surface area (TPSA) is 67.0 Å². The highest BCUT2D eigenvalue weighted by molar-refractivity contribution is 7.09. The lowest BCUT2D eigenvalue weighted by molar-refractivity contribution is -0.117. The monoisotopic (exact) mass is 369 g/mol. The Morgan fingerprint density at radius 3 is 3.04 bits per heavy atom. The molecule has 0 radical (unpaired) electrons. The van der Waals surface area contributed by atoms with E-state index in [0.29, 0.717) is 6.54 Å². The van der Waals surface area contributed by atoms with Crippen LogP contribution in [0.1, 0.15) is 34.7 Å². The second kappa shape index (κ2) is 8.35. The van der Waals surface area contributed by atoms with Gasteiger partial charge < -0.3 is 14.6 Å². The van der Waals surface area contributed by atoms with E-state index in [1.165, 1.54) is 0 Å². The van der Waals surface area contributed by atoms with Crippen LogP contribution < -0.4 is 5.32 Å². The SMILES string of the molecule is Cc1cc(C=C(C#N)C(=O)NCc2cccs2)c(C)n1CC1CCCO1. The first-order chi connectivity index (χ1) is 12.6. The molecule has 1 saturated heterocycles. The molecular formula is C20H23N3O2S. The molecule has 1 N–H and O–H groups in total. The second-order valence-electron chi connectivity index (χ2n) is 6.50. The van der Waals surface area contributed by atoms with Crippen molar-refractivity contribution in [1.29, 1.82) is 5.26 Å². The first kappa shape index (κ1) is 18.4. The zero-order valence-electron chi connectivity index (χ0n) is 15.1. The number of thiophene rings is 1. The molecule has 136 valence electrons. The van der Waals surface area contributed by atoms with Gasteiger partial charge in [0.1, 0.15) is 11.6 Å². The normalized spacial score (nSPS) is 17.3. The lowest BCUT2D eigenvalue weighted by Crippen LogP contribution is -2.23. The van der Waals surface area contributed by atoms with E-state index in [9.17, 15) is 10.1 Å². The Labute approximate surface area is 157 Å². The van der Waals surface area contributed by atoms with Gasteiger partial charge in [0.25, 0.3) is 5.91 Å². The van der Waals surface area contributed by atoms with Gasteiger partial charge in [0, 0.05) is 29.4 Å². The first-order valence-corrected chi connectivity index (χ1v) is 9.67. The Morgan fingerprint density at radius 2 is 2.38 bits per heavy atom. The van der Waals surface area contributed by atoms with E-state index in [4.69, 9.17) is 4.74 Å². The van der Waals surface area contributed by atoms with Crippen LogP contribution in [0.15, 0.2) is 29.2 Å². The Bertz CT molecular complexity index is 837. The molecule has 2 aromatic heterocycles. The zero-order valence-corrected chi connectivity index (χ0v) is 15.9. The Kier molecular flexibility index (Phi) is 5.92. The van der Waals surface area contributed by atoms with Crippen molar-refractivity contribution in [3.8, 4) is 6.07 Å². The van der Waals surface area contributed by atoms with Gasteiger partial charge in [-0.25, -0.2) is 0 Å². The number of carbonyl (C=O) groups excluding carboxylic acids is 1. The third-order valence-corrected chi connectivity index (χ3v) is 5.57. The molecule has 5 nitrogen and oxygen atoms in total. The summed E-state index contributed by atoms with van der Waals surface area (Å²) in [5, 5.41) is 14.2. The third kappa shape index (κ3) is 4.24. The minimum absolute atomic E-state index is 0.124. The van der Waals surface area contributed by atoms with Crippen molar-refractivity contribution in [3.05, 3.63) is 51.0 Å². The summed E-state index contributed by atoms with van der Waals surface area (Å²) in [6.45, 7) is 6.15. The maximum absolute atomic E-state index is 12.3. The van der Waals surface area contributed by atoms with Crippen molar-refractivity contribution in [2.75, 3.05) is 6.61 Å². The van der Waals surface area contributed by atoms with Crippen molar-refractivity contribution in [2.45, 2.75) is 45.9 Å². The molecule has 2 aromatic rings. The zero-order chi connectivity index (χ0) is 18.5. The van der Waals surface area contributed by atoms with Gasteiger partial charge in [0.15, 0.2) is 0 Å². The summed E-state index contributed by atoms with van der Waals surface area (Å²) in [5.41, 5.74) is 3.19. The van der Waals surface area contributed by atoms with E-state index in [1.54, 1.807) is 17.4 Å². The standard InChI is InChI=1S/C20H23N3O2S/c1-14-9-16(15(2)23(14)13-18-5-3-7-25-18)10-17(11-21)20(24)22-12-19-6-4-8-26-19/h4,6,8-10,18H,3,5,7,12-13H2,1-2H3,(H,22,24). The predicted octanol–water partition coefficient (Wildman–Crippen LogP) is 3.57. The minimum atomic E-state index is -0.343. The number of amides is 1. The molecule has 0 saturated carbocycles. The van der Waals surface area contributed by atoms with Gasteiger partial charge in [0.05, 0.1) is 12.6 Å². The number of hydrogen-bond acceptors (Lipinski definition) is 4. The van der Waals surface area contributed by atoms with E-state index in [-0.39, 0.29) is 17.6 Å². The molecule has 1 aliphatic heterocycles. The van der Waals surface area contributed by atoms with E-state index in [2.05, 4.69) is 9.88 Å². The third-order valence-electron chi connectivity index (χ3n) is 4.69. The second-order valence-corrected chi connectivity index (χ2v) is 7.54. The van der Waals surface area contributed by atoms with E-state index < -0.39 is 0 Å². The van der Waals surface area contributed by atoms with E-state index >= 15 is 0 Å². The average molecular weight is 369 g/mol. The molecule has 0 aliphatic carbocycles. The fraction of sp³-hybridized carbons (Fsp3) is 0.400. The number of ether oxygens (including phenoxy) is 1. The molecule has 0 spiro atoms. The summed E-state index contributed by atoms with van der Waals surface area (Å²) in [4.78, 5) is 13.4. The van der Waals surface area contributed by atoms with Crippen molar-refractivity contribution in [2.24, 2.45) is 0 Å². The fourth-order valence-corrected chi connectivity index (χ4v) is 3.87. The number of aromatic nitrogens is 1. The van der Waals surface area contributed by atoms with Crippen LogP contribution >= 0.6 is 11.3 Å². The van der Waals surface area contributed by atoms with Gasteiger partial charge in [-0.05, 0) is 55.8 Å². The molecule has 3 heterocycles. The molecule has 26 heavy (non-hydrogen) atoms. The average Bonchev–Trinajstić information content (AvgIpc) is 3.37. The Hall–Kier alpha value is -2.36. The lowest BCUT2D eigenvalue weighted by atomic mass is 10.1. The first-order valence-electron chi connectivity index (χ1n) is 8.79. The Morgan fingerprint density at radius 1 is 1.54 bits per heavy atom. The Balaban J connectivity index is 1.73. The van der Waals surface area contributed by atoms with Crippen molar-refractivity contribution in [1.82, 2.24) is 9.88 Å². The van der Waals surface area contributed by atoms with E-state index in [0.717, 1.165) is 47.8 Å². The van der Waals surface area contributed by atoms with Gasteiger partial charge in [-0.3, -0.25) is 4.79 Å². The van der Waals surface area contributed by atoms with Crippen molar-refractivity contribution >= 4 is 23.3 Å². The van der Waals surface area contributed by atoms with Crippen LogP contribution in [0.2, 0.25) is 0 Å². The van der Waals surface area contributed by atoms with Gasteiger partial charge in [-0.2, -0.15) is 5.26 Å². The van der Waals surface area contributed by atoms with Gasteiger partial charge >= 0.3 is 0 Å². The number of carbonyl (C=O) groups is 1. The minimum Gasteiger partial charge on any atom is -0.376 e. The number of nitrogens with zero attached hydrogens (tertiary/aromatic N) is 2. The number of aryl methyl sites for hydroxylation is 1. The van der Waals surface area contributed by atoms with Gasteiger partial charge in [0.2, 0.25) is 0 Å². The lowest BCUT2D eigenvalue weighted by Gasteiger charge is -2.14. The maximum Gasteiger partial charge on any atom is 0.262 e. The van der Waals surface area contributed by atoms with Crippen molar-refractivity contribution in [3.63, 3.8) is 0 Å². The summed E-state index contributed by atoms with van der Waals surface area (Å²) in [7, 11) is 0. The number of nitriles is 1. The summed E-state index contributed by atoms with van der Waals surface area (Å²) >= 11 is 1.58. The number of rotatable bonds is 6. The molecule has 3 rings (SSSR count). The molecule has 6 heteroatoms. The molecule has 1 amide bonds. The summed E-state index contributed by atoms with van der Waals surface area (Å²) < 4.78 is 7.94. The smallest absolute Gasteiger partial charge is 0.262 e. The number of hydrogen-bond donors (Lipinski definition) is 1.